The predicted molar refractivity (Wildman–Crippen MR) is 76.4 cm³/mol. The average molecular weight is 271 g/mol. The van der Waals surface area contributed by atoms with E-state index in [4.69, 9.17) is 0 Å². The van der Waals surface area contributed by atoms with Crippen molar-refractivity contribution in [3.05, 3.63) is 64.7 Å². The number of rotatable bonds is 4. The molecular formula is C16H17NO3. The zero-order chi connectivity index (χ0) is 14.5. The van der Waals surface area contributed by atoms with E-state index in [2.05, 4.69) is 5.32 Å². The van der Waals surface area contributed by atoms with Crippen molar-refractivity contribution in [2.24, 2.45) is 0 Å². The molecule has 0 aliphatic heterocycles. The Morgan fingerprint density at radius 2 is 1.85 bits per heavy atom. The molecule has 4 heteroatoms. The number of phenolic OH excluding ortho intramolecular Hbond substituents is 1. The van der Waals surface area contributed by atoms with Crippen LogP contribution >= 0.6 is 0 Å². The van der Waals surface area contributed by atoms with E-state index < -0.39 is 0 Å². The number of benzene rings is 2. The molecule has 2 rings (SSSR count). The molecule has 0 saturated carbocycles. The highest BCUT2D eigenvalue weighted by atomic mass is 16.3. The van der Waals surface area contributed by atoms with Crippen molar-refractivity contribution in [1.82, 2.24) is 5.32 Å². The lowest BCUT2D eigenvalue weighted by molar-refractivity contribution is 0.0950. The van der Waals surface area contributed by atoms with Crippen LogP contribution in [0.2, 0.25) is 0 Å². The highest BCUT2D eigenvalue weighted by molar-refractivity contribution is 5.95. The molecule has 0 aliphatic carbocycles. The summed E-state index contributed by atoms with van der Waals surface area (Å²) in [5.41, 5.74) is 2.94. The van der Waals surface area contributed by atoms with Crippen LogP contribution in [0.3, 0.4) is 0 Å². The molecule has 0 radical (unpaired) electrons. The van der Waals surface area contributed by atoms with Crippen molar-refractivity contribution in [2.45, 2.75) is 20.1 Å². The monoisotopic (exact) mass is 271 g/mol. The van der Waals surface area contributed by atoms with Gasteiger partial charge in [0, 0.05) is 12.1 Å². The fourth-order valence-electron chi connectivity index (χ4n) is 2.06. The third-order valence-electron chi connectivity index (χ3n) is 3.18. The molecule has 3 N–H and O–H groups in total. The Labute approximate surface area is 117 Å². The van der Waals surface area contributed by atoms with E-state index in [0.29, 0.717) is 12.1 Å². The molecule has 4 nitrogen and oxygen atoms in total. The van der Waals surface area contributed by atoms with E-state index >= 15 is 0 Å². The summed E-state index contributed by atoms with van der Waals surface area (Å²) < 4.78 is 0. The summed E-state index contributed by atoms with van der Waals surface area (Å²) >= 11 is 0. The van der Waals surface area contributed by atoms with Gasteiger partial charge in [-0.15, -0.1) is 0 Å². The summed E-state index contributed by atoms with van der Waals surface area (Å²) in [5.74, 6) is -0.0556. The lowest BCUT2D eigenvalue weighted by atomic mass is 10.1. The number of aromatic hydroxyl groups is 1. The van der Waals surface area contributed by atoms with Crippen LogP contribution in [0.1, 0.15) is 27.0 Å². The van der Waals surface area contributed by atoms with Crippen molar-refractivity contribution >= 4 is 5.91 Å². The largest absolute Gasteiger partial charge is 0.508 e. The molecule has 104 valence electrons. The lowest BCUT2D eigenvalue weighted by Gasteiger charge is -2.10. The molecule has 2 aromatic rings. The first-order chi connectivity index (χ1) is 9.61. The van der Waals surface area contributed by atoms with Gasteiger partial charge in [-0.3, -0.25) is 4.79 Å². The highest BCUT2D eigenvalue weighted by Crippen LogP contribution is 2.16. The maximum atomic E-state index is 12.1. The smallest absolute Gasteiger partial charge is 0.251 e. The van der Waals surface area contributed by atoms with Crippen LogP contribution in [-0.2, 0) is 13.2 Å². The predicted octanol–water partition coefficient (Wildman–Crippen LogP) is 2.12. The number of phenols is 1. The zero-order valence-corrected chi connectivity index (χ0v) is 11.3. The Bertz CT molecular complexity index is 623. The van der Waals surface area contributed by atoms with Crippen molar-refractivity contribution < 1.29 is 15.0 Å². The van der Waals surface area contributed by atoms with Crippen molar-refractivity contribution in [1.29, 1.82) is 0 Å². The standard InChI is InChI=1S/C16H17NO3/c1-11-8-14(19)6-7-15(11)16(20)17-9-12-4-2-3-5-13(12)10-18/h2-8,18-19H,9-10H2,1H3,(H,17,20). The third kappa shape index (κ3) is 3.16. The van der Waals surface area contributed by atoms with E-state index in [9.17, 15) is 15.0 Å². The first-order valence-electron chi connectivity index (χ1n) is 6.37. The second kappa shape index (κ2) is 6.21. The molecule has 1 amide bonds. The summed E-state index contributed by atoms with van der Waals surface area (Å²) in [6, 6.07) is 12.0. The molecule has 0 fully saturated rings. The van der Waals surface area contributed by atoms with Crippen LogP contribution < -0.4 is 5.32 Å². The molecule has 0 unspecified atom stereocenters. The number of amides is 1. The number of aliphatic hydroxyl groups is 1. The first kappa shape index (κ1) is 14.1. The summed E-state index contributed by atoms with van der Waals surface area (Å²) in [7, 11) is 0. The van der Waals surface area contributed by atoms with Gasteiger partial charge in [0.05, 0.1) is 6.61 Å². The van der Waals surface area contributed by atoms with Crippen LogP contribution in [0.15, 0.2) is 42.5 Å². The SMILES string of the molecule is Cc1cc(O)ccc1C(=O)NCc1ccccc1CO. The molecular weight excluding hydrogens is 254 g/mol. The minimum atomic E-state index is -0.199. The highest BCUT2D eigenvalue weighted by Gasteiger charge is 2.10. The fourth-order valence-corrected chi connectivity index (χ4v) is 2.06. The normalized spacial score (nSPS) is 10.3. The van der Waals surface area contributed by atoms with Crippen LogP contribution in [0.25, 0.3) is 0 Å². The minimum Gasteiger partial charge on any atom is -0.508 e. The van der Waals surface area contributed by atoms with E-state index in [1.165, 1.54) is 6.07 Å². The van der Waals surface area contributed by atoms with Gasteiger partial charge in [0.25, 0.3) is 5.91 Å². The summed E-state index contributed by atoms with van der Waals surface area (Å²) in [5, 5.41) is 21.4. The average Bonchev–Trinajstić information content (AvgIpc) is 2.45. The van der Waals surface area contributed by atoms with Gasteiger partial charge >= 0.3 is 0 Å². The summed E-state index contributed by atoms with van der Waals surface area (Å²) in [4.78, 5) is 12.1. The maximum absolute atomic E-state index is 12.1. The summed E-state index contributed by atoms with van der Waals surface area (Å²) in [6.07, 6.45) is 0. The topological polar surface area (TPSA) is 69.6 Å². The van der Waals surface area contributed by atoms with Gasteiger partial charge in [-0.2, -0.15) is 0 Å². The Kier molecular flexibility index (Phi) is 4.38. The molecule has 20 heavy (non-hydrogen) atoms. The molecule has 0 aliphatic rings. The Hall–Kier alpha value is -2.33. The first-order valence-corrected chi connectivity index (χ1v) is 6.37. The van der Waals surface area contributed by atoms with Gasteiger partial charge in [0.2, 0.25) is 0 Å². The van der Waals surface area contributed by atoms with Crippen LogP contribution in [0.4, 0.5) is 0 Å². The minimum absolute atomic E-state index is 0.0513. The van der Waals surface area contributed by atoms with Crippen molar-refractivity contribution in [2.75, 3.05) is 0 Å². The second-order valence-corrected chi connectivity index (χ2v) is 4.61. The fraction of sp³-hybridized carbons (Fsp3) is 0.188. The molecule has 0 heterocycles. The third-order valence-corrected chi connectivity index (χ3v) is 3.18. The van der Waals surface area contributed by atoms with E-state index in [1.54, 1.807) is 19.1 Å². The number of carbonyl (C=O) groups excluding carboxylic acids is 1. The van der Waals surface area contributed by atoms with Gasteiger partial charge in [-0.1, -0.05) is 24.3 Å². The Morgan fingerprint density at radius 3 is 2.50 bits per heavy atom. The number of aryl methyl sites for hydroxylation is 1. The zero-order valence-electron chi connectivity index (χ0n) is 11.3. The molecule has 2 aromatic carbocycles. The van der Waals surface area contributed by atoms with Gasteiger partial charge in [0.15, 0.2) is 0 Å². The molecule has 0 saturated heterocycles. The van der Waals surface area contributed by atoms with E-state index in [-0.39, 0.29) is 18.3 Å². The summed E-state index contributed by atoms with van der Waals surface area (Å²) in [6.45, 7) is 2.08. The van der Waals surface area contributed by atoms with Gasteiger partial charge in [-0.05, 0) is 41.8 Å². The van der Waals surface area contributed by atoms with Gasteiger partial charge in [-0.25, -0.2) is 0 Å². The number of carbonyl (C=O) groups is 1. The molecule has 0 aromatic heterocycles. The van der Waals surface area contributed by atoms with Gasteiger partial charge < -0.3 is 15.5 Å². The quantitative estimate of drug-likeness (QED) is 0.797. The van der Waals surface area contributed by atoms with Crippen molar-refractivity contribution in [3.63, 3.8) is 0 Å². The molecule has 0 atom stereocenters. The van der Waals surface area contributed by atoms with E-state index in [0.717, 1.165) is 16.7 Å². The number of hydrogen-bond donors (Lipinski definition) is 3. The van der Waals surface area contributed by atoms with E-state index in [1.807, 2.05) is 24.3 Å². The van der Waals surface area contributed by atoms with Crippen LogP contribution in [0, 0.1) is 6.92 Å². The maximum Gasteiger partial charge on any atom is 0.251 e. The number of hydrogen-bond acceptors (Lipinski definition) is 3. The molecule has 0 bridgehead atoms. The van der Waals surface area contributed by atoms with Crippen LogP contribution in [-0.4, -0.2) is 16.1 Å². The van der Waals surface area contributed by atoms with Crippen LogP contribution in [0.5, 0.6) is 5.75 Å². The Balaban J connectivity index is 2.09. The lowest BCUT2D eigenvalue weighted by Crippen LogP contribution is -2.24. The number of aliphatic hydroxyl groups excluding tert-OH is 1. The van der Waals surface area contributed by atoms with Gasteiger partial charge in [0.1, 0.15) is 5.75 Å². The number of nitrogens with one attached hydrogen (secondary N) is 1. The molecule has 0 spiro atoms. The van der Waals surface area contributed by atoms with Crippen molar-refractivity contribution in [3.8, 4) is 5.75 Å². The second-order valence-electron chi connectivity index (χ2n) is 4.61. The Morgan fingerprint density at radius 1 is 1.15 bits per heavy atom.